The molecule has 5 nitrogen and oxygen atoms in total. The van der Waals surface area contributed by atoms with Gasteiger partial charge in [-0.05, 0) is 29.8 Å². The van der Waals surface area contributed by atoms with Gasteiger partial charge in [0.2, 0.25) is 9.60 Å². The number of carbonyl (C=O) groups is 1. The number of aromatic nitrogens is 2. The summed E-state index contributed by atoms with van der Waals surface area (Å²) in [6, 6.07) is 4.38. The summed E-state index contributed by atoms with van der Waals surface area (Å²) in [6.07, 6.45) is 0. The molecule has 0 aliphatic heterocycles. The Bertz CT molecular complexity index is 619. The first-order valence-corrected chi connectivity index (χ1v) is 6.91. The van der Waals surface area contributed by atoms with Crippen LogP contribution in [0.2, 0.25) is 14.5 Å². The third kappa shape index (κ3) is 3.48. The minimum atomic E-state index is -0.406. The van der Waals surface area contributed by atoms with Crippen molar-refractivity contribution in [1.82, 2.24) is 10.2 Å². The molecule has 2 rings (SSSR count). The Morgan fingerprint density at radius 1 is 1.32 bits per heavy atom. The Labute approximate surface area is 128 Å². The summed E-state index contributed by atoms with van der Waals surface area (Å²) >= 11 is 18.5. The summed E-state index contributed by atoms with van der Waals surface area (Å²) in [5.41, 5.74) is 0.457. The van der Waals surface area contributed by atoms with Crippen molar-refractivity contribution in [1.29, 1.82) is 0 Å². The number of rotatable bonds is 2. The van der Waals surface area contributed by atoms with Crippen LogP contribution in [-0.2, 0) is 0 Å². The van der Waals surface area contributed by atoms with Crippen LogP contribution >= 0.6 is 46.1 Å². The molecule has 19 heavy (non-hydrogen) atoms. The maximum Gasteiger partial charge on any atom is 0.327 e. The summed E-state index contributed by atoms with van der Waals surface area (Å²) in [5.74, 6) is 0. The predicted molar refractivity (Wildman–Crippen MR) is 78.8 cm³/mol. The van der Waals surface area contributed by atoms with Crippen molar-refractivity contribution in [2.24, 2.45) is 0 Å². The SMILES string of the molecule is CN(C(=O)Nc1ccc(Cl)cc1Cl)c1nnc(Cl)s1. The fourth-order valence-corrected chi connectivity index (χ4v) is 2.44. The molecule has 0 spiro atoms. The minimum absolute atomic E-state index is 0.263. The predicted octanol–water partition coefficient (Wildman–Crippen LogP) is 4.17. The number of halogens is 3. The standard InChI is InChI=1S/C10H7Cl3N4OS/c1-17(10-16-15-8(13)19-10)9(18)14-7-3-2-5(11)4-6(7)12/h2-4H,1H3,(H,14,18). The van der Waals surface area contributed by atoms with Crippen LogP contribution in [0.3, 0.4) is 0 Å². The van der Waals surface area contributed by atoms with E-state index >= 15 is 0 Å². The first-order valence-electron chi connectivity index (χ1n) is 4.96. The van der Waals surface area contributed by atoms with Gasteiger partial charge in [-0.1, -0.05) is 34.5 Å². The van der Waals surface area contributed by atoms with E-state index in [2.05, 4.69) is 15.5 Å². The Hall–Kier alpha value is -1.08. The maximum absolute atomic E-state index is 12.0. The van der Waals surface area contributed by atoms with E-state index in [4.69, 9.17) is 34.8 Å². The van der Waals surface area contributed by atoms with Gasteiger partial charge in [0.1, 0.15) is 0 Å². The quantitative estimate of drug-likeness (QED) is 0.895. The van der Waals surface area contributed by atoms with Gasteiger partial charge in [-0.3, -0.25) is 4.90 Å². The number of nitrogens with zero attached hydrogens (tertiary/aromatic N) is 3. The Balaban J connectivity index is 2.12. The third-order valence-corrected chi connectivity index (χ3v) is 3.80. The second-order valence-corrected chi connectivity index (χ2v) is 5.83. The molecule has 0 bridgehead atoms. The third-order valence-electron chi connectivity index (χ3n) is 2.15. The minimum Gasteiger partial charge on any atom is -0.306 e. The Morgan fingerprint density at radius 2 is 2.05 bits per heavy atom. The van der Waals surface area contributed by atoms with Gasteiger partial charge in [-0.25, -0.2) is 4.79 Å². The number of hydrogen-bond acceptors (Lipinski definition) is 4. The summed E-state index contributed by atoms with van der Waals surface area (Å²) in [6.45, 7) is 0. The number of hydrogen-bond donors (Lipinski definition) is 1. The van der Waals surface area contributed by atoms with Crippen molar-refractivity contribution >= 4 is 63.0 Å². The molecule has 1 heterocycles. The van der Waals surface area contributed by atoms with E-state index in [0.29, 0.717) is 20.9 Å². The molecule has 2 aromatic rings. The van der Waals surface area contributed by atoms with Crippen LogP contribution in [0.4, 0.5) is 15.6 Å². The molecule has 9 heteroatoms. The van der Waals surface area contributed by atoms with Crippen molar-refractivity contribution in [3.63, 3.8) is 0 Å². The molecule has 0 aliphatic rings. The first-order chi connectivity index (χ1) is 8.97. The molecule has 0 saturated heterocycles. The van der Waals surface area contributed by atoms with Gasteiger partial charge in [0.25, 0.3) is 0 Å². The number of amides is 2. The van der Waals surface area contributed by atoms with Crippen LogP contribution in [-0.4, -0.2) is 23.3 Å². The van der Waals surface area contributed by atoms with E-state index in [-0.39, 0.29) is 4.47 Å². The summed E-state index contributed by atoms with van der Waals surface area (Å²) in [5, 5.41) is 11.3. The number of carbonyl (C=O) groups excluding carboxylic acids is 1. The Kier molecular flexibility index (Phi) is 4.46. The lowest BCUT2D eigenvalue weighted by molar-refractivity contribution is 0.258. The average molecular weight is 338 g/mol. The fourth-order valence-electron chi connectivity index (χ4n) is 1.21. The van der Waals surface area contributed by atoms with Gasteiger partial charge in [-0.2, -0.15) is 0 Å². The van der Waals surface area contributed by atoms with E-state index in [9.17, 15) is 4.79 Å². The molecule has 0 fully saturated rings. The number of urea groups is 1. The topological polar surface area (TPSA) is 58.1 Å². The number of benzene rings is 1. The van der Waals surface area contributed by atoms with E-state index in [0.717, 1.165) is 11.3 Å². The lowest BCUT2D eigenvalue weighted by Gasteiger charge is -2.15. The second-order valence-electron chi connectivity index (χ2n) is 3.45. The highest BCUT2D eigenvalue weighted by Crippen LogP contribution is 2.27. The van der Waals surface area contributed by atoms with Gasteiger partial charge in [0.15, 0.2) is 0 Å². The summed E-state index contributed by atoms with van der Waals surface area (Å²) < 4.78 is 0.263. The summed E-state index contributed by atoms with van der Waals surface area (Å²) in [7, 11) is 1.55. The molecule has 1 N–H and O–H groups in total. The lowest BCUT2D eigenvalue weighted by atomic mass is 10.3. The molecule has 0 atom stereocenters. The van der Waals surface area contributed by atoms with Crippen molar-refractivity contribution < 1.29 is 4.79 Å². The zero-order valence-electron chi connectivity index (χ0n) is 9.52. The molecular formula is C10H7Cl3N4OS. The molecule has 1 aromatic heterocycles. The van der Waals surface area contributed by atoms with E-state index in [1.165, 1.54) is 4.90 Å². The smallest absolute Gasteiger partial charge is 0.306 e. The molecule has 0 unspecified atom stereocenters. The highest BCUT2D eigenvalue weighted by molar-refractivity contribution is 7.19. The number of anilines is 2. The van der Waals surface area contributed by atoms with Gasteiger partial charge in [-0.15, -0.1) is 10.2 Å². The largest absolute Gasteiger partial charge is 0.327 e. The first kappa shape index (κ1) is 14.3. The van der Waals surface area contributed by atoms with Crippen molar-refractivity contribution in [2.45, 2.75) is 0 Å². The van der Waals surface area contributed by atoms with Crippen LogP contribution in [0.5, 0.6) is 0 Å². The van der Waals surface area contributed by atoms with Crippen molar-refractivity contribution in [3.05, 3.63) is 32.7 Å². The average Bonchev–Trinajstić information content (AvgIpc) is 2.78. The zero-order valence-corrected chi connectivity index (χ0v) is 12.6. The zero-order chi connectivity index (χ0) is 14.0. The van der Waals surface area contributed by atoms with Gasteiger partial charge in [0.05, 0.1) is 10.7 Å². The van der Waals surface area contributed by atoms with E-state index in [1.807, 2.05) is 0 Å². The van der Waals surface area contributed by atoms with Gasteiger partial charge >= 0.3 is 6.03 Å². The highest BCUT2D eigenvalue weighted by Gasteiger charge is 2.16. The lowest BCUT2D eigenvalue weighted by Crippen LogP contribution is -2.31. The second kappa shape index (κ2) is 5.92. The molecular weight excluding hydrogens is 331 g/mol. The highest BCUT2D eigenvalue weighted by atomic mass is 35.5. The maximum atomic E-state index is 12.0. The van der Waals surface area contributed by atoms with Crippen LogP contribution < -0.4 is 10.2 Å². The van der Waals surface area contributed by atoms with Gasteiger partial charge < -0.3 is 5.32 Å². The molecule has 0 radical (unpaired) electrons. The van der Waals surface area contributed by atoms with Crippen LogP contribution in [0.15, 0.2) is 18.2 Å². The van der Waals surface area contributed by atoms with Crippen LogP contribution in [0.1, 0.15) is 0 Å². The van der Waals surface area contributed by atoms with Crippen molar-refractivity contribution in [3.8, 4) is 0 Å². The van der Waals surface area contributed by atoms with Crippen LogP contribution in [0, 0.1) is 0 Å². The molecule has 1 aromatic carbocycles. The molecule has 0 saturated carbocycles. The number of nitrogens with one attached hydrogen (secondary N) is 1. The fraction of sp³-hybridized carbons (Fsp3) is 0.100. The normalized spacial score (nSPS) is 10.3. The molecule has 0 aliphatic carbocycles. The molecule has 100 valence electrons. The monoisotopic (exact) mass is 336 g/mol. The van der Waals surface area contributed by atoms with Gasteiger partial charge in [0, 0.05) is 12.1 Å². The van der Waals surface area contributed by atoms with E-state index < -0.39 is 6.03 Å². The summed E-state index contributed by atoms with van der Waals surface area (Å²) in [4.78, 5) is 13.3. The van der Waals surface area contributed by atoms with E-state index in [1.54, 1.807) is 25.2 Å². The Morgan fingerprint density at radius 3 is 2.63 bits per heavy atom. The van der Waals surface area contributed by atoms with Crippen molar-refractivity contribution in [2.75, 3.05) is 17.3 Å². The molecule has 2 amide bonds. The van der Waals surface area contributed by atoms with Crippen LogP contribution in [0.25, 0.3) is 0 Å².